The molecular weight excluding hydrogens is 390 g/mol. The molecule has 152 valence electrons. The normalized spacial score (nSPS) is 13.5. The molecular formula is C23H18F2N2O3. The molecule has 1 aliphatic rings. The number of benzene rings is 2. The van der Waals surface area contributed by atoms with Gasteiger partial charge < -0.3 is 9.84 Å². The van der Waals surface area contributed by atoms with Crippen molar-refractivity contribution in [3.8, 4) is 5.75 Å². The summed E-state index contributed by atoms with van der Waals surface area (Å²) in [4.78, 5) is 19.5. The number of carboxylic acid groups (broad SMARTS) is 1. The number of hydrogen-bond acceptors (Lipinski definition) is 4. The van der Waals surface area contributed by atoms with Crippen LogP contribution in [0.3, 0.4) is 0 Å². The van der Waals surface area contributed by atoms with Gasteiger partial charge in [-0.2, -0.15) is 0 Å². The number of aromatic nitrogens is 2. The van der Waals surface area contributed by atoms with Crippen molar-refractivity contribution < 1.29 is 23.4 Å². The summed E-state index contributed by atoms with van der Waals surface area (Å²) in [7, 11) is 0. The Morgan fingerprint density at radius 2 is 1.87 bits per heavy atom. The summed E-state index contributed by atoms with van der Waals surface area (Å²) in [6.07, 6.45) is 5.19. The van der Waals surface area contributed by atoms with Crippen LogP contribution >= 0.6 is 0 Å². The van der Waals surface area contributed by atoms with Crippen LogP contribution in [0.25, 0.3) is 11.1 Å². The van der Waals surface area contributed by atoms with Gasteiger partial charge in [0.2, 0.25) is 0 Å². The third-order valence-corrected chi connectivity index (χ3v) is 4.99. The number of nitrogens with zero attached hydrogens (tertiary/aromatic N) is 2. The third kappa shape index (κ3) is 4.05. The van der Waals surface area contributed by atoms with Crippen LogP contribution in [0.4, 0.5) is 8.78 Å². The Bertz CT molecular complexity index is 1140. The number of allylic oxidation sites excluding steroid dienone is 2. The van der Waals surface area contributed by atoms with Crippen molar-refractivity contribution in [2.45, 2.75) is 25.9 Å². The Morgan fingerprint density at radius 3 is 2.67 bits per heavy atom. The first-order valence-electron chi connectivity index (χ1n) is 9.47. The Balaban J connectivity index is 1.67. The molecule has 1 aromatic heterocycles. The van der Waals surface area contributed by atoms with Crippen LogP contribution in [0.1, 0.15) is 46.6 Å². The van der Waals surface area contributed by atoms with E-state index in [-0.39, 0.29) is 17.9 Å². The summed E-state index contributed by atoms with van der Waals surface area (Å²) in [6.45, 7) is -0.0416. The highest BCUT2D eigenvalue weighted by Crippen LogP contribution is 2.42. The molecule has 0 aliphatic heterocycles. The highest BCUT2D eigenvalue weighted by Gasteiger charge is 2.22. The predicted octanol–water partition coefficient (Wildman–Crippen LogP) is 5.13. The zero-order chi connectivity index (χ0) is 21.1. The molecule has 0 atom stereocenters. The smallest absolute Gasteiger partial charge is 0.356 e. The fourth-order valence-electron chi connectivity index (χ4n) is 3.57. The van der Waals surface area contributed by atoms with Crippen LogP contribution in [0.15, 0.2) is 54.9 Å². The number of carbonyl (C=O) groups is 1. The van der Waals surface area contributed by atoms with Gasteiger partial charge in [-0.15, -0.1) is 0 Å². The monoisotopic (exact) mass is 408 g/mol. The van der Waals surface area contributed by atoms with Gasteiger partial charge in [-0.05, 0) is 48.6 Å². The molecule has 0 bridgehead atoms. The molecule has 1 heterocycles. The topological polar surface area (TPSA) is 72.3 Å². The second-order valence-corrected chi connectivity index (χ2v) is 6.93. The molecule has 5 nitrogen and oxygen atoms in total. The van der Waals surface area contributed by atoms with E-state index in [1.165, 1.54) is 18.3 Å². The molecule has 1 aliphatic carbocycles. The average Bonchev–Trinajstić information content (AvgIpc) is 3.23. The van der Waals surface area contributed by atoms with E-state index in [0.717, 1.165) is 42.0 Å². The molecule has 0 saturated carbocycles. The Labute approximate surface area is 171 Å². The number of rotatable bonds is 6. The van der Waals surface area contributed by atoms with Crippen molar-refractivity contribution in [3.63, 3.8) is 0 Å². The highest BCUT2D eigenvalue weighted by molar-refractivity contribution is 5.94. The minimum absolute atomic E-state index is 0.0416. The molecule has 0 spiro atoms. The van der Waals surface area contributed by atoms with Gasteiger partial charge in [0.15, 0.2) is 5.69 Å². The Hall–Kier alpha value is -3.61. The molecule has 7 heteroatoms. The maximum Gasteiger partial charge on any atom is 0.356 e. The maximum absolute atomic E-state index is 13.9. The van der Waals surface area contributed by atoms with E-state index in [1.807, 2.05) is 18.2 Å². The van der Waals surface area contributed by atoms with Gasteiger partial charge in [-0.3, -0.25) is 4.98 Å². The molecule has 0 amide bonds. The van der Waals surface area contributed by atoms with Crippen LogP contribution in [-0.4, -0.2) is 21.0 Å². The molecule has 0 saturated heterocycles. The lowest BCUT2D eigenvalue weighted by Gasteiger charge is -2.14. The lowest BCUT2D eigenvalue weighted by molar-refractivity contribution is 0.0690. The van der Waals surface area contributed by atoms with Crippen LogP contribution < -0.4 is 4.74 Å². The lowest BCUT2D eigenvalue weighted by Crippen LogP contribution is -2.04. The van der Waals surface area contributed by atoms with Gasteiger partial charge in [-0.1, -0.05) is 18.2 Å². The quantitative estimate of drug-likeness (QED) is 0.612. The van der Waals surface area contributed by atoms with Crippen molar-refractivity contribution in [2.75, 3.05) is 0 Å². The van der Waals surface area contributed by atoms with Gasteiger partial charge in [-0.25, -0.2) is 18.6 Å². The van der Waals surface area contributed by atoms with Crippen molar-refractivity contribution in [1.29, 1.82) is 0 Å². The summed E-state index contributed by atoms with van der Waals surface area (Å²) in [6, 6.07) is 10.8. The van der Waals surface area contributed by atoms with E-state index < -0.39 is 17.6 Å². The molecule has 30 heavy (non-hydrogen) atoms. The van der Waals surface area contributed by atoms with Crippen molar-refractivity contribution in [2.24, 2.45) is 0 Å². The third-order valence-electron chi connectivity index (χ3n) is 4.99. The number of aromatic carboxylic acids is 1. The molecule has 3 aromatic rings. The van der Waals surface area contributed by atoms with Gasteiger partial charge in [0.1, 0.15) is 24.0 Å². The zero-order valence-electron chi connectivity index (χ0n) is 15.9. The summed E-state index contributed by atoms with van der Waals surface area (Å²) in [5.74, 6) is -1.86. The molecule has 2 aromatic carbocycles. The first-order chi connectivity index (χ1) is 14.5. The first kappa shape index (κ1) is 19.7. The van der Waals surface area contributed by atoms with Crippen LogP contribution in [0, 0.1) is 11.6 Å². The van der Waals surface area contributed by atoms with Gasteiger partial charge in [0.25, 0.3) is 0 Å². The Kier molecular flexibility index (Phi) is 5.52. The molecule has 0 fully saturated rings. The minimum atomic E-state index is -1.13. The molecule has 0 unspecified atom stereocenters. The highest BCUT2D eigenvalue weighted by atomic mass is 19.1. The molecule has 0 radical (unpaired) electrons. The number of hydrogen-bond donors (Lipinski definition) is 1. The summed E-state index contributed by atoms with van der Waals surface area (Å²) < 4.78 is 33.0. The van der Waals surface area contributed by atoms with E-state index in [1.54, 1.807) is 12.3 Å². The number of ether oxygens (including phenoxy) is 1. The minimum Gasteiger partial charge on any atom is -0.488 e. The van der Waals surface area contributed by atoms with Crippen molar-refractivity contribution in [1.82, 2.24) is 9.97 Å². The van der Waals surface area contributed by atoms with E-state index in [2.05, 4.69) is 9.97 Å². The van der Waals surface area contributed by atoms with E-state index in [9.17, 15) is 18.7 Å². The number of carboxylic acids is 1. The Morgan fingerprint density at radius 1 is 1.07 bits per heavy atom. The van der Waals surface area contributed by atoms with Gasteiger partial charge in [0.05, 0.1) is 18.1 Å². The average molecular weight is 408 g/mol. The largest absolute Gasteiger partial charge is 0.488 e. The summed E-state index contributed by atoms with van der Waals surface area (Å²) in [5, 5.41) is 9.20. The van der Waals surface area contributed by atoms with Crippen molar-refractivity contribution >= 4 is 17.1 Å². The van der Waals surface area contributed by atoms with Crippen LogP contribution in [0.5, 0.6) is 5.75 Å². The molecule has 4 rings (SSSR count). The predicted molar refractivity (Wildman–Crippen MR) is 107 cm³/mol. The van der Waals surface area contributed by atoms with Gasteiger partial charge in [0, 0.05) is 17.2 Å². The fourth-order valence-corrected chi connectivity index (χ4v) is 3.57. The second kappa shape index (κ2) is 8.41. The van der Waals surface area contributed by atoms with Crippen LogP contribution in [-0.2, 0) is 6.61 Å². The van der Waals surface area contributed by atoms with E-state index in [4.69, 9.17) is 4.74 Å². The fraction of sp³-hybridized carbons (Fsp3) is 0.174. The second-order valence-electron chi connectivity index (χ2n) is 6.93. The first-order valence-corrected chi connectivity index (χ1v) is 9.47. The standard InChI is InChI=1S/C23H18F2N2O3/c24-15-9-8-14(19(25)10-15)13-30-22-7-2-1-4-18(22)16-5-3-6-17(16)20-11-26-12-21(27-20)23(28)29/h1-2,4,7-12H,3,5-6,13H2,(H,28,29). The van der Waals surface area contributed by atoms with E-state index >= 15 is 0 Å². The number of halogens is 2. The molecule has 1 N–H and O–H groups in total. The maximum atomic E-state index is 13.9. The lowest BCUT2D eigenvalue weighted by atomic mass is 9.99. The van der Waals surface area contributed by atoms with E-state index in [0.29, 0.717) is 11.4 Å². The number of para-hydroxylation sites is 1. The summed E-state index contributed by atoms with van der Waals surface area (Å²) >= 11 is 0. The van der Waals surface area contributed by atoms with Gasteiger partial charge >= 0.3 is 5.97 Å². The summed E-state index contributed by atoms with van der Waals surface area (Å²) in [5.41, 5.74) is 3.45. The SMILES string of the molecule is O=C(O)c1cncc(C2=C(c3ccccc3OCc3ccc(F)cc3F)CCC2)n1. The zero-order valence-corrected chi connectivity index (χ0v) is 15.9. The van der Waals surface area contributed by atoms with Crippen molar-refractivity contribution in [3.05, 3.63) is 89.0 Å². The van der Waals surface area contributed by atoms with Crippen LogP contribution in [0.2, 0.25) is 0 Å².